The molecule has 314 valence electrons. The summed E-state index contributed by atoms with van der Waals surface area (Å²) in [5.74, 6) is 15.0. The normalized spacial score (nSPS) is 12.4. The van der Waals surface area contributed by atoms with Gasteiger partial charge in [0.1, 0.15) is 5.75 Å². The van der Waals surface area contributed by atoms with Crippen molar-refractivity contribution >= 4 is 75.5 Å². The van der Waals surface area contributed by atoms with Gasteiger partial charge in [-0.15, -0.1) is 0 Å². The average Bonchev–Trinajstić information content (AvgIpc) is 3.35. The second kappa shape index (κ2) is 16.0. The molecule has 0 radical (unpaired) electrons. The van der Waals surface area contributed by atoms with Crippen molar-refractivity contribution in [3.8, 4) is 63.1 Å². The van der Waals surface area contributed by atoms with Crippen LogP contribution in [0, 0.1) is 37.5 Å². The first-order valence-corrected chi connectivity index (χ1v) is 23.6. The van der Waals surface area contributed by atoms with E-state index in [0.29, 0.717) is 0 Å². The largest absolute Gasteiger partial charge is 0.497 e. The summed E-state index contributed by atoms with van der Waals surface area (Å²) in [7, 11) is 1.72. The van der Waals surface area contributed by atoms with Crippen LogP contribution in [-0.2, 0) is 25.7 Å². The second-order valence-electron chi connectivity index (χ2n) is 17.0. The SMILES string of the molecule is COc1ccc(-c2c3c(nc4c2CCc2ccc(C#Cc5ccnc6c(C)c7nccc(Br)c7cc56)cc2-4)-c2cc(C#Cc4ccnc5c(C)c6nccc(Br)c6cc45)ccc2CC3)cc1. The van der Waals surface area contributed by atoms with E-state index in [1.807, 2.05) is 49.1 Å². The highest BCUT2D eigenvalue weighted by Crippen LogP contribution is 2.46. The fraction of sp³-hybridized carbons (Fsp3) is 0.121. The molecule has 0 bridgehead atoms. The van der Waals surface area contributed by atoms with Crippen LogP contribution in [0.3, 0.4) is 0 Å². The van der Waals surface area contributed by atoms with Gasteiger partial charge in [0.05, 0.1) is 40.6 Å². The Kier molecular flexibility index (Phi) is 9.79. The van der Waals surface area contributed by atoms with Crippen LogP contribution in [-0.4, -0.2) is 32.0 Å². The third kappa shape index (κ3) is 6.66. The van der Waals surface area contributed by atoms with Gasteiger partial charge in [-0.2, -0.15) is 0 Å². The zero-order chi connectivity index (χ0) is 44.6. The number of hydrogen-bond acceptors (Lipinski definition) is 6. The maximum Gasteiger partial charge on any atom is 0.118 e. The summed E-state index contributed by atoms with van der Waals surface area (Å²) >= 11 is 7.48. The molecular formula is C58H37Br2N5O. The van der Waals surface area contributed by atoms with E-state index in [4.69, 9.17) is 19.7 Å². The van der Waals surface area contributed by atoms with Crippen molar-refractivity contribution in [2.24, 2.45) is 0 Å². The summed E-state index contributed by atoms with van der Waals surface area (Å²) in [6, 6.07) is 34.0. The highest BCUT2D eigenvalue weighted by molar-refractivity contribution is 9.11. The average molecular weight is 980 g/mol. The Labute approximate surface area is 398 Å². The first-order chi connectivity index (χ1) is 32.3. The van der Waals surface area contributed by atoms with Crippen molar-refractivity contribution in [3.05, 3.63) is 186 Å². The minimum Gasteiger partial charge on any atom is -0.497 e. The van der Waals surface area contributed by atoms with Gasteiger partial charge in [0.25, 0.3) is 0 Å². The molecule has 0 amide bonds. The van der Waals surface area contributed by atoms with E-state index in [2.05, 4.69) is 152 Å². The van der Waals surface area contributed by atoms with E-state index >= 15 is 0 Å². The number of fused-ring (bicyclic) bond motifs is 10. The van der Waals surface area contributed by atoms with Gasteiger partial charge in [0.2, 0.25) is 0 Å². The highest BCUT2D eigenvalue weighted by Gasteiger charge is 2.29. The zero-order valence-corrected chi connectivity index (χ0v) is 39.4. The Hall–Kier alpha value is -7.23. The van der Waals surface area contributed by atoms with E-state index < -0.39 is 0 Å². The van der Waals surface area contributed by atoms with Crippen molar-refractivity contribution in [3.63, 3.8) is 0 Å². The molecular weight excluding hydrogens is 942 g/mol. The predicted octanol–water partition coefficient (Wildman–Crippen LogP) is 13.4. The molecule has 0 aliphatic heterocycles. The number of nitrogens with zero attached hydrogens (tertiary/aromatic N) is 5. The number of methoxy groups -OCH3 is 1. The molecule has 12 rings (SSSR count). The number of ether oxygens (including phenoxy) is 1. The molecule has 0 spiro atoms. The van der Waals surface area contributed by atoms with Crippen molar-refractivity contribution < 1.29 is 4.74 Å². The number of pyridine rings is 5. The number of aromatic nitrogens is 5. The zero-order valence-electron chi connectivity index (χ0n) is 36.3. The van der Waals surface area contributed by atoms with Crippen LogP contribution < -0.4 is 4.74 Å². The smallest absolute Gasteiger partial charge is 0.118 e. The van der Waals surface area contributed by atoms with Crippen molar-refractivity contribution in [1.82, 2.24) is 24.9 Å². The van der Waals surface area contributed by atoms with Crippen molar-refractivity contribution in [2.45, 2.75) is 39.5 Å². The van der Waals surface area contributed by atoms with Crippen LogP contribution in [0.2, 0.25) is 0 Å². The van der Waals surface area contributed by atoms with E-state index in [0.717, 1.165) is 140 Å². The molecule has 2 aliphatic carbocycles. The van der Waals surface area contributed by atoms with E-state index in [1.165, 1.54) is 33.4 Å². The Morgan fingerprint density at radius 2 is 0.939 bits per heavy atom. The topological polar surface area (TPSA) is 73.7 Å². The molecule has 0 saturated carbocycles. The highest BCUT2D eigenvalue weighted by atomic mass is 79.9. The van der Waals surface area contributed by atoms with Gasteiger partial charge in [-0.05, 0) is 146 Å². The summed E-state index contributed by atoms with van der Waals surface area (Å²) in [5, 5.41) is 4.11. The Morgan fingerprint density at radius 3 is 1.41 bits per heavy atom. The molecule has 5 aromatic carbocycles. The molecule has 5 aromatic heterocycles. The quantitative estimate of drug-likeness (QED) is 0.127. The Bertz CT molecular complexity index is 3650. The lowest BCUT2D eigenvalue weighted by molar-refractivity contribution is 0.415. The maximum atomic E-state index is 5.69. The molecule has 6 nitrogen and oxygen atoms in total. The van der Waals surface area contributed by atoms with Crippen molar-refractivity contribution in [2.75, 3.05) is 7.11 Å². The van der Waals surface area contributed by atoms with Gasteiger partial charge in [-0.25, -0.2) is 4.98 Å². The lowest BCUT2D eigenvalue weighted by atomic mass is 9.78. The fourth-order valence-corrected chi connectivity index (χ4v) is 10.9. The Balaban J connectivity index is 0.992. The summed E-state index contributed by atoms with van der Waals surface area (Å²) < 4.78 is 7.61. The first-order valence-electron chi connectivity index (χ1n) is 22.0. The van der Waals surface area contributed by atoms with Gasteiger partial charge >= 0.3 is 0 Å². The molecule has 0 unspecified atom stereocenters. The van der Waals surface area contributed by atoms with E-state index in [9.17, 15) is 0 Å². The monoisotopic (exact) mass is 977 g/mol. The molecule has 0 atom stereocenters. The van der Waals surface area contributed by atoms with Crippen LogP contribution in [0.1, 0.15) is 55.6 Å². The van der Waals surface area contributed by atoms with Gasteiger partial charge < -0.3 is 4.74 Å². The van der Waals surface area contributed by atoms with Gasteiger partial charge in [0.15, 0.2) is 0 Å². The molecule has 8 heteroatoms. The standard InChI is InChI=1S/C58H37Br2N5O/c1-32-53-46(30-48-50(59)22-26-63-55(32)48)38(20-24-61-53)10-6-34-4-8-36-14-18-42-52(40-12-16-41(66-3)17-13-40)43-19-15-37-9-5-35(29-45(37)58(43)65-57(42)44(36)28-34)7-11-39-21-25-62-54-33(2)56-49(31-47(39)54)51(60)23-27-64-56/h4-5,8-9,12-13,16-17,20-31H,14-15,18-19H2,1-3H3. The number of rotatable bonds is 2. The third-order valence-corrected chi connectivity index (χ3v) is 14.7. The molecule has 10 aromatic rings. The summed E-state index contributed by atoms with van der Waals surface area (Å²) in [5.41, 5.74) is 21.4. The van der Waals surface area contributed by atoms with Gasteiger partial charge in [-0.3, -0.25) is 19.9 Å². The molecule has 66 heavy (non-hydrogen) atoms. The van der Waals surface area contributed by atoms with E-state index in [-0.39, 0.29) is 0 Å². The number of hydrogen-bond donors (Lipinski definition) is 0. The maximum absolute atomic E-state index is 5.69. The summed E-state index contributed by atoms with van der Waals surface area (Å²) in [6.45, 7) is 4.16. The van der Waals surface area contributed by atoms with Gasteiger partial charge in [-0.1, -0.05) is 79.8 Å². The second-order valence-corrected chi connectivity index (χ2v) is 18.7. The lowest BCUT2D eigenvalue weighted by Gasteiger charge is -2.29. The molecule has 5 heterocycles. The number of benzene rings is 5. The van der Waals surface area contributed by atoms with Crippen LogP contribution in [0.4, 0.5) is 0 Å². The first kappa shape index (κ1) is 40.3. The fourth-order valence-electron chi connectivity index (χ4n) is 10.0. The van der Waals surface area contributed by atoms with Crippen LogP contribution in [0.25, 0.3) is 77.3 Å². The van der Waals surface area contributed by atoms with Crippen LogP contribution in [0.15, 0.2) is 131 Å². The Morgan fingerprint density at radius 1 is 0.485 bits per heavy atom. The van der Waals surface area contributed by atoms with E-state index in [1.54, 1.807) is 7.11 Å². The number of aryl methyl sites for hydroxylation is 4. The van der Waals surface area contributed by atoms with Crippen LogP contribution in [0.5, 0.6) is 5.75 Å². The predicted molar refractivity (Wildman–Crippen MR) is 273 cm³/mol. The molecule has 2 aliphatic rings. The molecule has 0 fully saturated rings. The molecule has 0 N–H and O–H groups in total. The van der Waals surface area contributed by atoms with Crippen molar-refractivity contribution in [1.29, 1.82) is 0 Å². The minimum atomic E-state index is 0.835. The summed E-state index contributed by atoms with van der Waals surface area (Å²) in [6.07, 6.45) is 11.0. The van der Waals surface area contributed by atoms with Gasteiger partial charge in [0, 0.05) is 99.8 Å². The summed E-state index contributed by atoms with van der Waals surface area (Å²) in [4.78, 5) is 24.5. The van der Waals surface area contributed by atoms with Crippen LogP contribution >= 0.6 is 31.9 Å². The minimum absolute atomic E-state index is 0.835. The lowest BCUT2D eigenvalue weighted by Crippen LogP contribution is -2.15. The molecule has 0 saturated heterocycles. The number of halogens is 2. The third-order valence-electron chi connectivity index (χ3n) is 13.3.